The largest absolute Gasteiger partial charge is 0.392 e. The molecule has 0 aliphatic rings. The first-order chi connectivity index (χ1) is 10.9. The maximum absolute atomic E-state index is 11.9. The molecule has 0 aliphatic carbocycles. The monoisotopic (exact) mass is 320 g/mol. The van der Waals surface area contributed by atoms with Crippen LogP contribution in [0.5, 0.6) is 0 Å². The summed E-state index contributed by atoms with van der Waals surface area (Å²) in [5.74, 6) is 0.489. The molecule has 128 valence electrons. The van der Waals surface area contributed by atoms with Gasteiger partial charge in [-0.25, -0.2) is 4.99 Å². The summed E-state index contributed by atoms with van der Waals surface area (Å²) in [5, 5.41) is 18.4. The van der Waals surface area contributed by atoms with Crippen molar-refractivity contribution in [2.45, 2.75) is 46.4 Å². The fraction of sp³-hybridized carbons (Fsp3) is 0.529. The van der Waals surface area contributed by atoms with Gasteiger partial charge in [0.05, 0.1) is 19.7 Å². The minimum Gasteiger partial charge on any atom is -0.392 e. The van der Waals surface area contributed by atoms with Gasteiger partial charge in [-0.05, 0) is 38.8 Å². The van der Waals surface area contributed by atoms with Gasteiger partial charge in [0, 0.05) is 12.1 Å². The molecule has 1 amide bonds. The zero-order chi connectivity index (χ0) is 17.3. The Kier molecular flexibility index (Phi) is 7.54. The molecule has 6 nitrogen and oxygen atoms in total. The maximum Gasteiger partial charge on any atom is 0.239 e. The smallest absolute Gasteiger partial charge is 0.239 e. The Morgan fingerprint density at radius 1 is 1.17 bits per heavy atom. The Morgan fingerprint density at radius 3 is 2.39 bits per heavy atom. The molecule has 1 aromatic carbocycles. The molecule has 0 saturated carbocycles. The van der Waals surface area contributed by atoms with Gasteiger partial charge in [-0.2, -0.15) is 0 Å². The van der Waals surface area contributed by atoms with Crippen LogP contribution in [0.3, 0.4) is 0 Å². The number of nitrogens with zero attached hydrogens (tertiary/aromatic N) is 1. The van der Waals surface area contributed by atoms with Crippen LogP contribution in [0.2, 0.25) is 0 Å². The quantitative estimate of drug-likeness (QED) is 0.468. The highest BCUT2D eigenvalue weighted by Gasteiger charge is 2.13. The Hall–Kier alpha value is -2.08. The second kappa shape index (κ2) is 9.15. The predicted octanol–water partition coefficient (Wildman–Crippen LogP) is 1.15. The van der Waals surface area contributed by atoms with Crippen molar-refractivity contribution >= 4 is 11.9 Å². The van der Waals surface area contributed by atoms with Crippen LogP contribution in [-0.2, 0) is 17.9 Å². The van der Waals surface area contributed by atoms with Crippen LogP contribution >= 0.6 is 0 Å². The molecule has 6 heteroatoms. The van der Waals surface area contributed by atoms with Crippen LogP contribution in [0, 0.1) is 0 Å². The van der Waals surface area contributed by atoms with Gasteiger partial charge in [-0.15, -0.1) is 0 Å². The van der Waals surface area contributed by atoms with Gasteiger partial charge in [-0.1, -0.05) is 24.3 Å². The molecule has 4 N–H and O–H groups in total. The number of hydrogen-bond acceptors (Lipinski definition) is 3. The third-order valence-electron chi connectivity index (χ3n) is 2.97. The van der Waals surface area contributed by atoms with E-state index in [-0.39, 0.29) is 24.6 Å². The van der Waals surface area contributed by atoms with E-state index < -0.39 is 0 Å². The fourth-order valence-electron chi connectivity index (χ4n) is 2.00. The number of aliphatic hydroxyl groups excluding tert-OH is 1. The Balaban J connectivity index is 2.65. The van der Waals surface area contributed by atoms with Gasteiger partial charge in [-0.3, -0.25) is 4.79 Å². The molecule has 1 rings (SSSR count). The summed E-state index contributed by atoms with van der Waals surface area (Å²) in [6, 6.07) is 7.62. The van der Waals surface area contributed by atoms with E-state index in [0.29, 0.717) is 19.0 Å². The van der Waals surface area contributed by atoms with Crippen molar-refractivity contribution in [1.82, 2.24) is 16.0 Å². The lowest BCUT2D eigenvalue weighted by Crippen LogP contribution is -2.48. The van der Waals surface area contributed by atoms with Gasteiger partial charge in [0.1, 0.15) is 0 Å². The standard InChI is InChI=1S/C17H28N4O2/c1-5-18-16(20-11-15(23)21-17(2,3)4)19-10-13-8-6-7-9-14(13)12-22/h6-9,22H,5,10-12H2,1-4H3,(H,21,23)(H2,18,19,20). The number of rotatable bonds is 6. The molecule has 0 heterocycles. The second-order valence-corrected chi connectivity index (χ2v) is 6.27. The lowest BCUT2D eigenvalue weighted by Gasteiger charge is -2.21. The van der Waals surface area contributed by atoms with Crippen molar-refractivity contribution in [1.29, 1.82) is 0 Å². The maximum atomic E-state index is 11.9. The number of amides is 1. The molecule has 0 bridgehead atoms. The summed E-state index contributed by atoms with van der Waals surface area (Å²) in [4.78, 5) is 16.3. The molecule has 0 atom stereocenters. The number of benzene rings is 1. The topological polar surface area (TPSA) is 85.8 Å². The van der Waals surface area contributed by atoms with Gasteiger partial charge in [0.15, 0.2) is 5.96 Å². The molecular weight excluding hydrogens is 292 g/mol. The summed E-state index contributed by atoms with van der Waals surface area (Å²) >= 11 is 0. The van der Waals surface area contributed by atoms with Crippen molar-refractivity contribution < 1.29 is 9.90 Å². The first-order valence-electron chi connectivity index (χ1n) is 7.86. The van der Waals surface area contributed by atoms with Crippen molar-refractivity contribution in [3.05, 3.63) is 35.4 Å². The van der Waals surface area contributed by atoms with E-state index in [2.05, 4.69) is 20.9 Å². The number of hydrogen-bond donors (Lipinski definition) is 4. The highest BCUT2D eigenvalue weighted by atomic mass is 16.3. The van der Waals surface area contributed by atoms with E-state index in [0.717, 1.165) is 11.1 Å². The Morgan fingerprint density at radius 2 is 1.83 bits per heavy atom. The molecule has 0 aromatic heterocycles. The minimum absolute atomic E-state index is 0.0103. The molecular formula is C17H28N4O2. The summed E-state index contributed by atoms with van der Waals surface area (Å²) < 4.78 is 0. The molecule has 0 spiro atoms. The first-order valence-corrected chi connectivity index (χ1v) is 7.86. The van der Waals surface area contributed by atoms with E-state index in [1.807, 2.05) is 52.0 Å². The van der Waals surface area contributed by atoms with E-state index in [9.17, 15) is 9.90 Å². The number of aliphatic imine (C=N–C) groups is 1. The fourth-order valence-corrected chi connectivity index (χ4v) is 2.00. The van der Waals surface area contributed by atoms with Gasteiger partial charge < -0.3 is 21.1 Å². The number of guanidine groups is 1. The normalized spacial score (nSPS) is 12.0. The van der Waals surface area contributed by atoms with Crippen LogP contribution in [0.25, 0.3) is 0 Å². The van der Waals surface area contributed by atoms with Crippen molar-refractivity contribution in [3.8, 4) is 0 Å². The minimum atomic E-state index is -0.256. The van der Waals surface area contributed by atoms with Crippen LogP contribution in [0.4, 0.5) is 0 Å². The first kappa shape index (κ1) is 19.0. The second-order valence-electron chi connectivity index (χ2n) is 6.27. The Labute approximate surface area is 138 Å². The van der Waals surface area contributed by atoms with Crippen molar-refractivity contribution in [2.24, 2.45) is 4.99 Å². The number of carbonyl (C=O) groups is 1. The molecule has 0 saturated heterocycles. The van der Waals surface area contributed by atoms with Crippen LogP contribution in [0.1, 0.15) is 38.8 Å². The molecule has 0 fully saturated rings. The summed E-state index contributed by atoms with van der Waals surface area (Å²) in [5.41, 5.74) is 1.57. The average Bonchev–Trinajstić information content (AvgIpc) is 2.48. The SMILES string of the molecule is CCNC(=NCc1ccccc1CO)NCC(=O)NC(C)(C)C. The van der Waals surface area contributed by atoms with E-state index >= 15 is 0 Å². The zero-order valence-electron chi connectivity index (χ0n) is 14.4. The third kappa shape index (κ3) is 7.65. The van der Waals surface area contributed by atoms with Gasteiger partial charge in [0.2, 0.25) is 5.91 Å². The lowest BCUT2D eigenvalue weighted by atomic mass is 10.1. The summed E-state index contributed by atoms with van der Waals surface area (Å²) in [7, 11) is 0. The van der Waals surface area contributed by atoms with Crippen LogP contribution in [0.15, 0.2) is 29.3 Å². The Bertz CT molecular complexity index is 536. The summed E-state index contributed by atoms with van der Waals surface area (Å²) in [6.07, 6.45) is 0. The van der Waals surface area contributed by atoms with E-state index in [1.165, 1.54) is 0 Å². The van der Waals surface area contributed by atoms with Crippen molar-refractivity contribution in [3.63, 3.8) is 0 Å². The summed E-state index contributed by atoms with van der Waals surface area (Å²) in [6.45, 7) is 9.08. The molecule has 0 radical (unpaired) electrons. The number of carbonyl (C=O) groups excluding carboxylic acids is 1. The highest BCUT2D eigenvalue weighted by Crippen LogP contribution is 2.09. The number of aliphatic hydroxyl groups is 1. The molecule has 23 heavy (non-hydrogen) atoms. The number of nitrogens with one attached hydrogen (secondary N) is 3. The van der Waals surface area contributed by atoms with Gasteiger partial charge >= 0.3 is 0 Å². The molecule has 1 aromatic rings. The van der Waals surface area contributed by atoms with E-state index in [4.69, 9.17) is 0 Å². The van der Waals surface area contributed by atoms with E-state index in [1.54, 1.807) is 0 Å². The average molecular weight is 320 g/mol. The predicted molar refractivity (Wildman–Crippen MR) is 93.1 cm³/mol. The van der Waals surface area contributed by atoms with Gasteiger partial charge in [0.25, 0.3) is 0 Å². The zero-order valence-corrected chi connectivity index (χ0v) is 14.4. The highest BCUT2D eigenvalue weighted by molar-refractivity contribution is 5.86. The molecule has 0 unspecified atom stereocenters. The molecule has 0 aliphatic heterocycles. The lowest BCUT2D eigenvalue weighted by molar-refractivity contribution is -0.121. The van der Waals surface area contributed by atoms with Crippen molar-refractivity contribution in [2.75, 3.05) is 13.1 Å². The van der Waals surface area contributed by atoms with Crippen LogP contribution in [-0.4, -0.2) is 35.6 Å². The van der Waals surface area contributed by atoms with Crippen LogP contribution < -0.4 is 16.0 Å². The third-order valence-corrected chi connectivity index (χ3v) is 2.97.